The number of benzene rings is 1. The van der Waals surface area contributed by atoms with Gasteiger partial charge in [-0.2, -0.15) is 13.2 Å². The Morgan fingerprint density at radius 2 is 1.94 bits per heavy atom. The summed E-state index contributed by atoms with van der Waals surface area (Å²) in [7, 11) is 1.43. The molecule has 0 aliphatic rings. The van der Waals surface area contributed by atoms with Crippen LogP contribution in [0.15, 0.2) is 10.5 Å². The maximum absolute atomic E-state index is 12.4. The fourth-order valence-corrected chi connectivity index (χ4v) is 2.50. The van der Waals surface area contributed by atoms with Crippen LogP contribution in [0.1, 0.15) is 29.2 Å². The highest BCUT2D eigenvalue weighted by molar-refractivity contribution is 9.10. The van der Waals surface area contributed by atoms with Crippen molar-refractivity contribution in [2.24, 2.45) is 5.73 Å². The summed E-state index contributed by atoms with van der Waals surface area (Å²) in [5.74, 6) is 0.424. The molecule has 1 atom stereocenters. The fraction of sp³-hybridized carbons (Fsp3) is 0.500. The van der Waals surface area contributed by atoms with Crippen molar-refractivity contribution in [3.63, 3.8) is 0 Å². The lowest BCUT2D eigenvalue weighted by atomic mass is 9.95. The molecule has 1 aromatic rings. The molecule has 2 N–H and O–H groups in total. The van der Waals surface area contributed by atoms with Crippen LogP contribution in [0.5, 0.6) is 5.75 Å². The van der Waals surface area contributed by atoms with Crippen LogP contribution < -0.4 is 10.5 Å². The molecule has 6 heteroatoms. The fourth-order valence-electron chi connectivity index (χ4n) is 1.94. The predicted molar refractivity (Wildman–Crippen MR) is 67.8 cm³/mol. The van der Waals surface area contributed by atoms with E-state index in [0.29, 0.717) is 16.9 Å². The van der Waals surface area contributed by atoms with Gasteiger partial charge in [-0.15, -0.1) is 0 Å². The summed E-state index contributed by atoms with van der Waals surface area (Å²) in [6, 6.07) is 0.675. The van der Waals surface area contributed by atoms with E-state index in [-0.39, 0.29) is 0 Å². The van der Waals surface area contributed by atoms with Gasteiger partial charge in [-0.1, -0.05) is 15.9 Å². The third kappa shape index (κ3) is 3.38. The SMILES string of the molecule is COc1c(C)cc(Br)c(C)c1C(N)CC(F)(F)F. The number of ether oxygens (including phenoxy) is 1. The van der Waals surface area contributed by atoms with Crippen LogP contribution >= 0.6 is 15.9 Å². The van der Waals surface area contributed by atoms with Crippen molar-refractivity contribution >= 4 is 15.9 Å². The average Bonchev–Trinajstić information content (AvgIpc) is 2.20. The monoisotopic (exact) mass is 325 g/mol. The topological polar surface area (TPSA) is 35.2 Å². The van der Waals surface area contributed by atoms with Gasteiger partial charge in [0.1, 0.15) is 5.75 Å². The van der Waals surface area contributed by atoms with Gasteiger partial charge in [0.25, 0.3) is 0 Å². The minimum Gasteiger partial charge on any atom is -0.496 e. The van der Waals surface area contributed by atoms with Crippen molar-refractivity contribution in [1.82, 2.24) is 0 Å². The summed E-state index contributed by atoms with van der Waals surface area (Å²) < 4.78 is 43.2. The first-order valence-corrected chi connectivity index (χ1v) is 6.12. The summed E-state index contributed by atoms with van der Waals surface area (Å²) >= 11 is 3.32. The number of methoxy groups -OCH3 is 1. The summed E-state index contributed by atoms with van der Waals surface area (Å²) in [6.07, 6.45) is -5.37. The van der Waals surface area contributed by atoms with Crippen molar-refractivity contribution in [3.05, 3.63) is 27.2 Å². The number of aryl methyl sites for hydroxylation is 1. The molecule has 0 aromatic heterocycles. The van der Waals surface area contributed by atoms with Gasteiger partial charge in [-0.25, -0.2) is 0 Å². The molecular formula is C12H15BrF3NO. The molecule has 0 radical (unpaired) electrons. The largest absolute Gasteiger partial charge is 0.496 e. The summed E-state index contributed by atoms with van der Waals surface area (Å²) in [5, 5.41) is 0. The first-order valence-electron chi connectivity index (χ1n) is 5.33. The highest BCUT2D eigenvalue weighted by Gasteiger charge is 2.33. The normalized spacial score (nSPS) is 13.6. The van der Waals surface area contributed by atoms with Crippen LogP contribution in [0.2, 0.25) is 0 Å². The molecular weight excluding hydrogens is 311 g/mol. The third-order valence-corrected chi connectivity index (χ3v) is 3.56. The third-order valence-electron chi connectivity index (χ3n) is 2.73. The van der Waals surface area contributed by atoms with Gasteiger partial charge in [0.15, 0.2) is 0 Å². The molecule has 1 rings (SSSR count). The Balaban J connectivity index is 3.29. The molecule has 102 valence electrons. The number of hydrogen-bond acceptors (Lipinski definition) is 2. The second kappa shape index (κ2) is 5.48. The van der Waals surface area contributed by atoms with Crippen LogP contribution in [0.25, 0.3) is 0 Å². The molecule has 0 aliphatic heterocycles. The van der Waals surface area contributed by atoms with Crippen LogP contribution in [0, 0.1) is 13.8 Å². The average molecular weight is 326 g/mol. The number of halogens is 4. The van der Waals surface area contributed by atoms with E-state index in [0.717, 1.165) is 10.0 Å². The minimum atomic E-state index is -4.30. The standard InChI is InChI=1S/C12H15BrF3NO/c1-6-4-8(13)7(2)10(11(6)18-3)9(17)5-12(14,15)16/h4,9H,5,17H2,1-3H3. The van der Waals surface area contributed by atoms with E-state index in [1.165, 1.54) is 7.11 Å². The molecule has 18 heavy (non-hydrogen) atoms. The van der Waals surface area contributed by atoms with Gasteiger partial charge in [-0.3, -0.25) is 0 Å². The van der Waals surface area contributed by atoms with Crippen molar-refractivity contribution in [3.8, 4) is 5.75 Å². The molecule has 0 aliphatic carbocycles. The van der Waals surface area contributed by atoms with Crippen LogP contribution in [-0.2, 0) is 0 Å². The summed E-state index contributed by atoms with van der Waals surface area (Å²) in [5.41, 5.74) is 7.51. The molecule has 0 saturated heterocycles. The maximum atomic E-state index is 12.4. The number of hydrogen-bond donors (Lipinski definition) is 1. The zero-order chi connectivity index (χ0) is 14.1. The van der Waals surface area contributed by atoms with E-state index >= 15 is 0 Å². The Bertz CT molecular complexity index is 446. The van der Waals surface area contributed by atoms with Crippen molar-refractivity contribution in [1.29, 1.82) is 0 Å². The molecule has 1 unspecified atom stereocenters. The Kier molecular flexibility index (Phi) is 4.66. The number of alkyl halides is 3. The van der Waals surface area contributed by atoms with E-state index in [4.69, 9.17) is 10.5 Å². The molecule has 0 heterocycles. The Labute approximate surface area is 112 Å². The highest BCUT2D eigenvalue weighted by Crippen LogP contribution is 2.39. The Morgan fingerprint density at radius 1 is 1.39 bits per heavy atom. The molecule has 0 fully saturated rings. The second-order valence-electron chi connectivity index (χ2n) is 4.17. The Hall–Kier alpha value is -0.750. The minimum absolute atomic E-state index is 0.404. The zero-order valence-electron chi connectivity index (χ0n) is 10.4. The predicted octanol–water partition coefficient (Wildman–Crippen LogP) is 4.03. The number of nitrogens with two attached hydrogens (primary N) is 1. The maximum Gasteiger partial charge on any atom is 0.390 e. The van der Waals surface area contributed by atoms with Crippen LogP contribution in [-0.4, -0.2) is 13.3 Å². The lowest BCUT2D eigenvalue weighted by Crippen LogP contribution is -2.22. The highest BCUT2D eigenvalue weighted by atomic mass is 79.9. The quantitative estimate of drug-likeness (QED) is 0.910. The van der Waals surface area contributed by atoms with Gasteiger partial charge in [0, 0.05) is 16.1 Å². The van der Waals surface area contributed by atoms with Crippen LogP contribution in [0.3, 0.4) is 0 Å². The van der Waals surface area contributed by atoms with Crippen LogP contribution in [0.4, 0.5) is 13.2 Å². The summed E-state index contributed by atoms with van der Waals surface area (Å²) in [4.78, 5) is 0. The first-order chi connectivity index (χ1) is 8.17. The van der Waals surface area contributed by atoms with Crippen molar-refractivity contribution in [2.75, 3.05) is 7.11 Å². The Morgan fingerprint density at radius 3 is 2.39 bits per heavy atom. The first kappa shape index (κ1) is 15.3. The van der Waals surface area contributed by atoms with E-state index in [1.54, 1.807) is 19.9 Å². The van der Waals surface area contributed by atoms with E-state index in [1.807, 2.05) is 0 Å². The van der Waals surface area contributed by atoms with E-state index in [2.05, 4.69) is 15.9 Å². The van der Waals surface area contributed by atoms with Crippen molar-refractivity contribution < 1.29 is 17.9 Å². The molecule has 0 amide bonds. The zero-order valence-corrected chi connectivity index (χ0v) is 11.9. The van der Waals surface area contributed by atoms with Gasteiger partial charge in [0.05, 0.1) is 13.5 Å². The van der Waals surface area contributed by atoms with Crippen molar-refractivity contribution in [2.45, 2.75) is 32.5 Å². The molecule has 1 aromatic carbocycles. The van der Waals surface area contributed by atoms with Gasteiger partial charge >= 0.3 is 6.18 Å². The lowest BCUT2D eigenvalue weighted by Gasteiger charge is -2.22. The molecule has 0 saturated carbocycles. The van der Waals surface area contributed by atoms with E-state index in [9.17, 15) is 13.2 Å². The smallest absolute Gasteiger partial charge is 0.390 e. The number of rotatable bonds is 3. The van der Waals surface area contributed by atoms with Gasteiger partial charge < -0.3 is 10.5 Å². The molecule has 0 bridgehead atoms. The van der Waals surface area contributed by atoms with Gasteiger partial charge in [-0.05, 0) is 31.0 Å². The summed E-state index contributed by atoms with van der Waals surface area (Å²) in [6.45, 7) is 3.49. The second-order valence-corrected chi connectivity index (χ2v) is 5.03. The molecule has 0 spiro atoms. The van der Waals surface area contributed by atoms with E-state index < -0.39 is 18.6 Å². The van der Waals surface area contributed by atoms with Gasteiger partial charge in [0.2, 0.25) is 0 Å². The molecule has 2 nitrogen and oxygen atoms in total. The lowest BCUT2D eigenvalue weighted by molar-refractivity contribution is -0.138.